The lowest BCUT2D eigenvalue weighted by Gasteiger charge is -2.13. The number of hydrogen-bond acceptors (Lipinski definition) is 2. The maximum absolute atomic E-state index is 4.09. The largest absolute Gasteiger partial charge is 0.317 e. The van der Waals surface area contributed by atoms with Crippen LogP contribution in [0.2, 0.25) is 0 Å². The third kappa shape index (κ3) is 3.71. The molecule has 76 valence electrons. The Morgan fingerprint density at radius 2 is 2.50 bits per heavy atom. The van der Waals surface area contributed by atoms with Crippen molar-refractivity contribution >= 4 is 0 Å². The van der Waals surface area contributed by atoms with Crippen LogP contribution in [0.25, 0.3) is 0 Å². The molecule has 0 bridgehead atoms. The summed E-state index contributed by atoms with van der Waals surface area (Å²) in [4.78, 5) is 4.09. The molecule has 0 amide bonds. The fourth-order valence-corrected chi connectivity index (χ4v) is 1.47. The molecule has 1 aromatic rings. The number of rotatable bonds is 6. The van der Waals surface area contributed by atoms with Gasteiger partial charge in [0.05, 0.1) is 0 Å². The van der Waals surface area contributed by atoms with Crippen LogP contribution in [0, 0.1) is 0 Å². The van der Waals surface area contributed by atoms with Gasteiger partial charge in [-0.3, -0.25) is 4.98 Å². The van der Waals surface area contributed by atoms with Crippen molar-refractivity contribution in [2.24, 2.45) is 0 Å². The van der Waals surface area contributed by atoms with Gasteiger partial charge in [-0.1, -0.05) is 12.1 Å². The molecule has 0 aromatic carbocycles. The second-order valence-electron chi connectivity index (χ2n) is 3.41. The molecular weight excluding hydrogens is 172 g/mol. The van der Waals surface area contributed by atoms with Crippen molar-refractivity contribution in [3.63, 3.8) is 0 Å². The molecule has 1 heterocycles. The average molecular weight is 190 g/mol. The Morgan fingerprint density at radius 1 is 1.64 bits per heavy atom. The number of pyridine rings is 1. The Balaban J connectivity index is 2.35. The molecule has 0 fully saturated rings. The van der Waals surface area contributed by atoms with E-state index < -0.39 is 0 Å². The van der Waals surface area contributed by atoms with Gasteiger partial charge in [-0.2, -0.15) is 0 Å². The van der Waals surface area contributed by atoms with Crippen molar-refractivity contribution in [1.29, 1.82) is 0 Å². The Bertz CT molecular complexity index is 256. The van der Waals surface area contributed by atoms with E-state index in [2.05, 4.69) is 22.9 Å². The minimum absolute atomic E-state index is 0.535. The van der Waals surface area contributed by atoms with Crippen LogP contribution in [0.3, 0.4) is 0 Å². The molecule has 2 nitrogen and oxygen atoms in total. The highest BCUT2D eigenvalue weighted by Crippen LogP contribution is 2.05. The van der Waals surface area contributed by atoms with Crippen molar-refractivity contribution in [2.45, 2.75) is 25.3 Å². The van der Waals surface area contributed by atoms with Gasteiger partial charge >= 0.3 is 0 Å². The highest BCUT2D eigenvalue weighted by Gasteiger charge is 2.03. The quantitative estimate of drug-likeness (QED) is 0.695. The van der Waals surface area contributed by atoms with Crippen LogP contribution in [0.15, 0.2) is 37.2 Å². The molecule has 1 N–H and O–H groups in total. The molecular formula is C12H18N2. The lowest BCUT2D eigenvalue weighted by Crippen LogP contribution is -2.24. The zero-order chi connectivity index (χ0) is 10.2. The molecule has 0 spiro atoms. The molecule has 0 aliphatic heterocycles. The summed E-state index contributed by atoms with van der Waals surface area (Å²) in [7, 11) is 2.00. The molecule has 0 aliphatic carbocycles. The van der Waals surface area contributed by atoms with Crippen LogP contribution < -0.4 is 5.32 Å². The van der Waals surface area contributed by atoms with Crippen molar-refractivity contribution in [2.75, 3.05) is 7.05 Å². The third-order valence-corrected chi connectivity index (χ3v) is 2.36. The van der Waals surface area contributed by atoms with Crippen LogP contribution in [-0.2, 0) is 6.42 Å². The fraction of sp³-hybridized carbons (Fsp3) is 0.417. The van der Waals surface area contributed by atoms with E-state index in [1.165, 1.54) is 5.56 Å². The zero-order valence-corrected chi connectivity index (χ0v) is 8.74. The van der Waals surface area contributed by atoms with E-state index in [1.54, 1.807) is 0 Å². The lowest BCUT2D eigenvalue weighted by molar-refractivity contribution is 0.528. The molecule has 1 rings (SSSR count). The Kier molecular flexibility index (Phi) is 4.94. The maximum atomic E-state index is 4.09. The first-order valence-electron chi connectivity index (χ1n) is 5.04. The van der Waals surface area contributed by atoms with Gasteiger partial charge < -0.3 is 5.32 Å². The summed E-state index contributed by atoms with van der Waals surface area (Å²) in [5, 5.41) is 3.28. The van der Waals surface area contributed by atoms with Gasteiger partial charge in [0.2, 0.25) is 0 Å². The molecule has 0 radical (unpaired) electrons. The van der Waals surface area contributed by atoms with Crippen LogP contribution >= 0.6 is 0 Å². The summed E-state index contributed by atoms with van der Waals surface area (Å²) in [6.45, 7) is 3.75. The highest BCUT2D eigenvalue weighted by atomic mass is 14.9. The number of aromatic nitrogens is 1. The summed E-state index contributed by atoms with van der Waals surface area (Å²) in [6, 6.07) is 4.64. The Hall–Kier alpha value is -1.15. The molecule has 1 aromatic heterocycles. The Labute approximate surface area is 86.1 Å². The SMILES string of the molecule is C=CCC(CCc1cccnc1)NC. The van der Waals surface area contributed by atoms with Crippen LogP contribution in [0.1, 0.15) is 18.4 Å². The van der Waals surface area contributed by atoms with Gasteiger partial charge in [0.25, 0.3) is 0 Å². The number of nitrogens with zero attached hydrogens (tertiary/aromatic N) is 1. The van der Waals surface area contributed by atoms with Crippen molar-refractivity contribution in [3.05, 3.63) is 42.7 Å². The van der Waals surface area contributed by atoms with E-state index in [0.717, 1.165) is 19.3 Å². The zero-order valence-electron chi connectivity index (χ0n) is 8.74. The normalized spacial score (nSPS) is 12.4. The van der Waals surface area contributed by atoms with Gasteiger partial charge in [-0.05, 0) is 37.9 Å². The van der Waals surface area contributed by atoms with Gasteiger partial charge in [-0.15, -0.1) is 6.58 Å². The average Bonchev–Trinajstić information content (AvgIpc) is 2.25. The first-order chi connectivity index (χ1) is 6.86. The lowest BCUT2D eigenvalue weighted by atomic mass is 10.0. The molecule has 1 atom stereocenters. The smallest absolute Gasteiger partial charge is 0.0299 e. The van der Waals surface area contributed by atoms with Crippen LogP contribution in [-0.4, -0.2) is 18.1 Å². The van der Waals surface area contributed by atoms with E-state index in [-0.39, 0.29) is 0 Å². The molecule has 1 unspecified atom stereocenters. The van der Waals surface area contributed by atoms with Crippen molar-refractivity contribution in [3.8, 4) is 0 Å². The van der Waals surface area contributed by atoms with E-state index in [9.17, 15) is 0 Å². The predicted octanol–water partition coefficient (Wildman–Crippen LogP) is 2.18. The van der Waals surface area contributed by atoms with E-state index >= 15 is 0 Å². The number of nitrogens with one attached hydrogen (secondary N) is 1. The highest BCUT2D eigenvalue weighted by molar-refractivity contribution is 5.08. The summed E-state index contributed by atoms with van der Waals surface area (Å²) in [5.74, 6) is 0. The molecule has 0 saturated heterocycles. The number of aryl methyl sites for hydroxylation is 1. The first kappa shape index (κ1) is 10.9. The molecule has 0 saturated carbocycles. The third-order valence-electron chi connectivity index (χ3n) is 2.36. The van der Waals surface area contributed by atoms with Crippen molar-refractivity contribution < 1.29 is 0 Å². The second kappa shape index (κ2) is 6.33. The topological polar surface area (TPSA) is 24.9 Å². The first-order valence-corrected chi connectivity index (χ1v) is 5.04. The van der Waals surface area contributed by atoms with Gasteiger partial charge in [0.15, 0.2) is 0 Å². The number of hydrogen-bond donors (Lipinski definition) is 1. The fourth-order valence-electron chi connectivity index (χ4n) is 1.47. The van der Waals surface area contributed by atoms with E-state index in [4.69, 9.17) is 0 Å². The van der Waals surface area contributed by atoms with E-state index in [1.807, 2.05) is 31.6 Å². The second-order valence-corrected chi connectivity index (χ2v) is 3.41. The monoisotopic (exact) mass is 190 g/mol. The predicted molar refractivity (Wildman–Crippen MR) is 60.2 cm³/mol. The summed E-state index contributed by atoms with van der Waals surface area (Å²) in [6.07, 6.45) is 8.94. The van der Waals surface area contributed by atoms with Gasteiger partial charge in [0.1, 0.15) is 0 Å². The molecule has 2 heteroatoms. The molecule has 14 heavy (non-hydrogen) atoms. The minimum atomic E-state index is 0.535. The van der Waals surface area contributed by atoms with Crippen LogP contribution in [0.4, 0.5) is 0 Å². The minimum Gasteiger partial charge on any atom is -0.317 e. The summed E-state index contributed by atoms with van der Waals surface area (Å²) in [5.41, 5.74) is 1.30. The summed E-state index contributed by atoms with van der Waals surface area (Å²) >= 11 is 0. The van der Waals surface area contributed by atoms with Crippen molar-refractivity contribution in [1.82, 2.24) is 10.3 Å². The van der Waals surface area contributed by atoms with Gasteiger partial charge in [-0.25, -0.2) is 0 Å². The van der Waals surface area contributed by atoms with Crippen LogP contribution in [0.5, 0.6) is 0 Å². The molecule has 0 aliphatic rings. The van der Waals surface area contributed by atoms with Gasteiger partial charge in [0, 0.05) is 18.4 Å². The Morgan fingerprint density at radius 3 is 3.07 bits per heavy atom. The summed E-state index contributed by atoms with van der Waals surface area (Å²) < 4.78 is 0. The van der Waals surface area contributed by atoms with E-state index in [0.29, 0.717) is 6.04 Å². The maximum Gasteiger partial charge on any atom is 0.0299 e. The standard InChI is InChI=1S/C12H18N2/c1-3-5-12(13-2)8-7-11-6-4-9-14-10-11/h3-4,6,9-10,12-13H,1,5,7-8H2,2H3.